The van der Waals surface area contributed by atoms with Gasteiger partial charge in [-0.2, -0.15) is 0 Å². The van der Waals surface area contributed by atoms with Crippen LogP contribution in [-0.4, -0.2) is 47.7 Å². The molecule has 2 aliphatic rings. The SMILES string of the molecule is CCNC(=NCc1cccc(OC)c1O)NC1CC2CCC(C1)N2Cc1ccccc1. The van der Waals surface area contributed by atoms with Gasteiger partial charge in [0.05, 0.1) is 13.7 Å². The topological polar surface area (TPSA) is 69.1 Å². The fourth-order valence-electron chi connectivity index (χ4n) is 4.98. The van der Waals surface area contributed by atoms with E-state index in [1.807, 2.05) is 12.1 Å². The van der Waals surface area contributed by atoms with Crippen LogP contribution in [0.3, 0.4) is 0 Å². The molecule has 2 saturated heterocycles. The fourth-order valence-corrected chi connectivity index (χ4v) is 4.98. The molecule has 2 heterocycles. The number of piperidine rings is 1. The van der Waals surface area contributed by atoms with Gasteiger partial charge in [-0.15, -0.1) is 0 Å². The van der Waals surface area contributed by atoms with Gasteiger partial charge >= 0.3 is 0 Å². The number of para-hydroxylation sites is 1. The van der Waals surface area contributed by atoms with E-state index in [1.54, 1.807) is 13.2 Å². The predicted molar refractivity (Wildman–Crippen MR) is 124 cm³/mol. The fraction of sp³-hybridized carbons (Fsp3) is 0.480. The Morgan fingerprint density at radius 2 is 1.84 bits per heavy atom. The molecule has 3 N–H and O–H groups in total. The summed E-state index contributed by atoms with van der Waals surface area (Å²) in [5, 5.41) is 17.4. The third-order valence-electron chi connectivity index (χ3n) is 6.49. The first-order valence-corrected chi connectivity index (χ1v) is 11.4. The molecule has 166 valence electrons. The van der Waals surface area contributed by atoms with Crippen LogP contribution in [0.2, 0.25) is 0 Å². The third kappa shape index (κ3) is 5.13. The average Bonchev–Trinajstić information content (AvgIpc) is 3.01. The van der Waals surface area contributed by atoms with Crippen LogP contribution in [0.15, 0.2) is 53.5 Å². The number of guanidine groups is 1. The van der Waals surface area contributed by atoms with Gasteiger partial charge in [-0.1, -0.05) is 42.5 Å². The number of methoxy groups -OCH3 is 1. The van der Waals surface area contributed by atoms with Gasteiger partial charge in [-0.3, -0.25) is 4.90 Å². The van der Waals surface area contributed by atoms with Crippen molar-refractivity contribution in [2.24, 2.45) is 4.99 Å². The van der Waals surface area contributed by atoms with Gasteiger partial charge in [-0.05, 0) is 44.2 Å². The quantitative estimate of drug-likeness (QED) is 0.469. The highest BCUT2D eigenvalue weighted by molar-refractivity contribution is 5.80. The summed E-state index contributed by atoms with van der Waals surface area (Å²) in [5.74, 6) is 1.45. The van der Waals surface area contributed by atoms with E-state index in [2.05, 4.69) is 52.8 Å². The summed E-state index contributed by atoms with van der Waals surface area (Å²) in [6.45, 7) is 4.33. The summed E-state index contributed by atoms with van der Waals surface area (Å²) in [6.07, 6.45) is 4.83. The number of ether oxygens (including phenoxy) is 1. The summed E-state index contributed by atoms with van der Waals surface area (Å²) in [7, 11) is 1.56. The monoisotopic (exact) mass is 422 g/mol. The van der Waals surface area contributed by atoms with E-state index in [1.165, 1.54) is 18.4 Å². The van der Waals surface area contributed by atoms with Gasteiger partial charge in [0, 0.05) is 36.8 Å². The molecule has 0 aliphatic carbocycles. The largest absolute Gasteiger partial charge is 0.504 e. The molecule has 2 aromatic carbocycles. The Kier molecular flexibility index (Phi) is 6.97. The molecule has 2 aliphatic heterocycles. The molecule has 31 heavy (non-hydrogen) atoms. The Hall–Kier alpha value is -2.73. The number of aliphatic imine (C=N–C) groups is 1. The van der Waals surface area contributed by atoms with Crippen LogP contribution in [0.1, 0.15) is 43.7 Å². The van der Waals surface area contributed by atoms with E-state index in [4.69, 9.17) is 9.73 Å². The first-order chi connectivity index (χ1) is 15.2. The molecular weight excluding hydrogens is 388 g/mol. The number of nitrogens with one attached hydrogen (secondary N) is 2. The number of phenolic OH excluding ortho intramolecular Hbond substituents is 1. The Morgan fingerprint density at radius 3 is 2.52 bits per heavy atom. The Labute approximate surface area is 185 Å². The number of benzene rings is 2. The minimum absolute atomic E-state index is 0.164. The standard InChI is InChI=1S/C25H34N4O2/c1-3-26-25(27-16-19-10-7-11-23(31-2)24(19)30)28-20-14-21-12-13-22(15-20)29(21)17-18-8-5-4-6-9-18/h4-11,20-22,30H,3,12-17H2,1-2H3,(H2,26,27,28). The lowest BCUT2D eigenvalue weighted by Gasteiger charge is -2.39. The van der Waals surface area contributed by atoms with Crippen molar-refractivity contribution in [3.63, 3.8) is 0 Å². The Bertz CT molecular complexity index is 872. The van der Waals surface area contributed by atoms with Crippen LogP contribution in [-0.2, 0) is 13.1 Å². The maximum absolute atomic E-state index is 10.3. The molecule has 6 nitrogen and oxygen atoms in total. The minimum Gasteiger partial charge on any atom is -0.504 e. The zero-order valence-corrected chi connectivity index (χ0v) is 18.6. The van der Waals surface area contributed by atoms with E-state index in [0.717, 1.165) is 37.5 Å². The Balaban J connectivity index is 1.39. The molecule has 0 saturated carbocycles. The van der Waals surface area contributed by atoms with Gasteiger partial charge in [0.25, 0.3) is 0 Å². The van der Waals surface area contributed by atoms with Gasteiger partial charge in [0.2, 0.25) is 0 Å². The smallest absolute Gasteiger partial charge is 0.191 e. The second kappa shape index (κ2) is 10.1. The summed E-state index contributed by atoms with van der Waals surface area (Å²) in [6, 6.07) is 18.0. The summed E-state index contributed by atoms with van der Waals surface area (Å²) in [5.41, 5.74) is 2.16. The number of hydrogen-bond acceptors (Lipinski definition) is 4. The van der Waals surface area contributed by atoms with Crippen molar-refractivity contribution in [1.82, 2.24) is 15.5 Å². The molecule has 0 radical (unpaired) electrons. The zero-order valence-electron chi connectivity index (χ0n) is 18.6. The lowest BCUT2D eigenvalue weighted by atomic mass is 9.96. The molecule has 2 atom stereocenters. The average molecular weight is 423 g/mol. The number of hydrogen-bond donors (Lipinski definition) is 3. The highest BCUT2D eigenvalue weighted by atomic mass is 16.5. The van der Waals surface area contributed by atoms with E-state index in [-0.39, 0.29) is 5.75 Å². The van der Waals surface area contributed by atoms with Crippen molar-refractivity contribution in [2.45, 2.75) is 63.8 Å². The van der Waals surface area contributed by atoms with Crippen LogP contribution < -0.4 is 15.4 Å². The van der Waals surface area contributed by atoms with Crippen LogP contribution in [0, 0.1) is 0 Å². The van der Waals surface area contributed by atoms with E-state index in [0.29, 0.717) is 30.4 Å². The van der Waals surface area contributed by atoms with Crippen molar-refractivity contribution in [1.29, 1.82) is 0 Å². The van der Waals surface area contributed by atoms with Gasteiger partial charge in [-0.25, -0.2) is 4.99 Å². The maximum atomic E-state index is 10.3. The number of nitrogens with zero attached hydrogens (tertiary/aromatic N) is 2. The van der Waals surface area contributed by atoms with Gasteiger partial charge in [0.15, 0.2) is 17.5 Å². The van der Waals surface area contributed by atoms with E-state index >= 15 is 0 Å². The molecule has 4 rings (SSSR count). The number of rotatable bonds is 7. The second-order valence-corrected chi connectivity index (χ2v) is 8.52. The van der Waals surface area contributed by atoms with Crippen molar-refractivity contribution >= 4 is 5.96 Å². The van der Waals surface area contributed by atoms with E-state index < -0.39 is 0 Å². The third-order valence-corrected chi connectivity index (χ3v) is 6.49. The highest BCUT2D eigenvalue weighted by Crippen LogP contribution is 2.37. The molecule has 0 aromatic heterocycles. The van der Waals surface area contributed by atoms with Gasteiger partial charge < -0.3 is 20.5 Å². The van der Waals surface area contributed by atoms with Crippen molar-refractivity contribution in [3.05, 3.63) is 59.7 Å². The van der Waals surface area contributed by atoms with Gasteiger partial charge in [0.1, 0.15) is 0 Å². The second-order valence-electron chi connectivity index (χ2n) is 8.52. The molecule has 2 unspecified atom stereocenters. The first-order valence-electron chi connectivity index (χ1n) is 11.4. The number of phenols is 1. The first kappa shape index (κ1) is 21.5. The zero-order chi connectivity index (χ0) is 21.6. The Morgan fingerprint density at radius 1 is 1.10 bits per heavy atom. The maximum Gasteiger partial charge on any atom is 0.191 e. The lowest BCUT2D eigenvalue weighted by Crippen LogP contribution is -2.52. The molecule has 0 spiro atoms. The minimum atomic E-state index is 0.164. The molecule has 2 fully saturated rings. The number of fused-ring (bicyclic) bond motifs is 2. The summed E-state index contributed by atoms with van der Waals surface area (Å²) in [4.78, 5) is 7.44. The van der Waals surface area contributed by atoms with Crippen molar-refractivity contribution in [2.75, 3.05) is 13.7 Å². The summed E-state index contributed by atoms with van der Waals surface area (Å²) < 4.78 is 5.21. The molecule has 0 amide bonds. The summed E-state index contributed by atoms with van der Waals surface area (Å²) >= 11 is 0. The molecule has 6 heteroatoms. The number of aromatic hydroxyl groups is 1. The van der Waals surface area contributed by atoms with Crippen LogP contribution in [0.25, 0.3) is 0 Å². The van der Waals surface area contributed by atoms with Crippen LogP contribution >= 0.6 is 0 Å². The molecular formula is C25H34N4O2. The van der Waals surface area contributed by atoms with Crippen molar-refractivity contribution in [3.8, 4) is 11.5 Å². The van der Waals surface area contributed by atoms with E-state index in [9.17, 15) is 5.11 Å². The normalized spacial score (nSPS) is 23.5. The van der Waals surface area contributed by atoms with Crippen molar-refractivity contribution < 1.29 is 9.84 Å². The molecule has 2 aromatic rings. The molecule has 2 bridgehead atoms. The van der Waals surface area contributed by atoms with Crippen LogP contribution in [0.5, 0.6) is 11.5 Å². The highest BCUT2D eigenvalue weighted by Gasteiger charge is 2.40. The lowest BCUT2D eigenvalue weighted by molar-refractivity contribution is 0.114. The van der Waals surface area contributed by atoms with Crippen LogP contribution in [0.4, 0.5) is 0 Å². The predicted octanol–water partition coefficient (Wildman–Crippen LogP) is 3.65.